The van der Waals surface area contributed by atoms with Crippen LogP contribution in [-0.4, -0.2) is 19.5 Å². The molecule has 0 fully saturated rings. The van der Waals surface area contributed by atoms with Gasteiger partial charge in [0, 0.05) is 47.6 Å². The summed E-state index contributed by atoms with van der Waals surface area (Å²) in [6, 6.07) is 27.6. The number of para-hydroxylation sites is 2. The Balaban J connectivity index is 1.37. The fourth-order valence-corrected chi connectivity index (χ4v) is 7.51. The third-order valence-electron chi connectivity index (χ3n) is 8.66. The molecule has 0 unspecified atom stereocenters. The molecular weight excluding hydrogens is 629 g/mol. The average Bonchev–Trinajstić information content (AvgIpc) is 3.85. The SMILES string of the molecule is [2H]c1cc([2H])c2sc3c(-c4ccc(-n5c6c([2H])cc([2H])c([2H])c6c6c([2H])c([2H])cc([2H])c65)c(-c5nc(-c6ccccc6)nc(-c6ccccc6)n5)c4)cc([2H])c([2H])c3c2c1[2H]. The maximum Gasteiger partial charge on any atom is 0.166 e. The van der Waals surface area contributed by atoms with Crippen molar-refractivity contribution in [2.75, 3.05) is 0 Å². The van der Waals surface area contributed by atoms with E-state index in [0.29, 0.717) is 59.9 Å². The van der Waals surface area contributed by atoms with Crippen LogP contribution in [0.2, 0.25) is 0 Å². The highest BCUT2D eigenvalue weighted by atomic mass is 32.1. The Morgan fingerprint density at radius 3 is 1.70 bits per heavy atom. The fourth-order valence-electron chi connectivity index (χ4n) is 6.39. The third kappa shape index (κ3) is 4.63. The van der Waals surface area contributed by atoms with Crippen LogP contribution >= 0.6 is 11.3 Å². The van der Waals surface area contributed by atoms with Crippen LogP contribution in [0.15, 0.2) is 170 Å². The van der Waals surface area contributed by atoms with Crippen molar-refractivity contribution in [1.29, 1.82) is 0 Å². The second-order valence-electron chi connectivity index (χ2n) is 11.6. The van der Waals surface area contributed by atoms with Crippen LogP contribution in [0.3, 0.4) is 0 Å². The fraction of sp³-hybridized carbons (Fsp3) is 0. The topological polar surface area (TPSA) is 43.6 Å². The first-order valence-corrected chi connectivity index (χ1v) is 16.6. The Morgan fingerprint density at radius 1 is 0.460 bits per heavy atom. The van der Waals surface area contributed by atoms with E-state index >= 15 is 0 Å². The highest BCUT2D eigenvalue weighted by molar-refractivity contribution is 7.26. The van der Waals surface area contributed by atoms with Gasteiger partial charge in [-0.2, -0.15) is 0 Å². The zero-order valence-corrected chi connectivity index (χ0v) is 26.8. The lowest BCUT2D eigenvalue weighted by Gasteiger charge is -2.16. The molecule has 0 amide bonds. The second-order valence-corrected chi connectivity index (χ2v) is 12.6. The van der Waals surface area contributed by atoms with Crippen LogP contribution < -0.4 is 0 Å². The second kappa shape index (κ2) is 11.6. The third-order valence-corrected chi connectivity index (χ3v) is 9.81. The molecule has 234 valence electrons. The molecule has 0 bridgehead atoms. The first-order valence-electron chi connectivity index (χ1n) is 21.3. The van der Waals surface area contributed by atoms with Gasteiger partial charge in [0.2, 0.25) is 0 Å². The van der Waals surface area contributed by atoms with E-state index in [9.17, 15) is 2.74 Å². The summed E-state index contributed by atoms with van der Waals surface area (Å²) >= 11 is 1.20. The largest absolute Gasteiger partial charge is 0.309 e. The van der Waals surface area contributed by atoms with Crippen molar-refractivity contribution in [2.24, 2.45) is 0 Å². The van der Waals surface area contributed by atoms with Gasteiger partial charge in [-0.05, 0) is 41.4 Å². The number of aromatic nitrogens is 4. The number of hydrogen-bond acceptors (Lipinski definition) is 4. The van der Waals surface area contributed by atoms with E-state index in [-0.39, 0.29) is 99.5 Å². The summed E-state index contributed by atoms with van der Waals surface area (Å²) in [6.07, 6.45) is 0. The molecule has 0 aliphatic heterocycles. The summed E-state index contributed by atoms with van der Waals surface area (Å²) in [5, 5.41) is 0.734. The van der Waals surface area contributed by atoms with Crippen LogP contribution in [0.25, 0.3) is 93.0 Å². The standard InChI is InChI=1S/C45H28N4S/c1-3-14-29(15-4-1)43-46-44(30-16-5-2-6-17-30)48-45(47-43)37-28-31(32-21-13-22-36-35-20-9-12-25-41(35)50-42(32)36)26-27-40(37)49-38-23-10-7-18-33(38)34-19-8-11-24-39(34)49/h1-28H/i7D,8D,9D,13D,18D,19D,20D,22D,23D,24D,25D. The van der Waals surface area contributed by atoms with Gasteiger partial charge in [0.1, 0.15) is 0 Å². The smallest absolute Gasteiger partial charge is 0.166 e. The Labute approximate surface area is 308 Å². The molecule has 0 radical (unpaired) electrons. The zero-order valence-electron chi connectivity index (χ0n) is 37.0. The van der Waals surface area contributed by atoms with Crippen LogP contribution in [0, 0.1) is 0 Å². The van der Waals surface area contributed by atoms with E-state index in [0.717, 1.165) is 0 Å². The van der Waals surface area contributed by atoms with E-state index in [1.807, 2.05) is 60.7 Å². The van der Waals surface area contributed by atoms with Crippen LogP contribution in [0.4, 0.5) is 0 Å². The minimum atomic E-state index is -0.256. The molecular formula is C45H28N4S. The summed E-state index contributed by atoms with van der Waals surface area (Å²) < 4.78 is 99.7. The lowest BCUT2D eigenvalue weighted by atomic mass is 9.99. The normalized spacial score (nSPS) is 14.7. The van der Waals surface area contributed by atoms with Gasteiger partial charge in [-0.15, -0.1) is 11.3 Å². The lowest BCUT2D eigenvalue weighted by Crippen LogP contribution is -2.04. The molecule has 3 heterocycles. The molecule has 0 N–H and O–H groups in total. The maximum absolute atomic E-state index is 9.18. The number of rotatable bonds is 5. The number of fused-ring (bicyclic) bond motifs is 6. The molecule has 3 aromatic heterocycles. The summed E-state index contributed by atoms with van der Waals surface area (Å²) in [7, 11) is 0. The summed E-state index contributed by atoms with van der Waals surface area (Å²) in [4.78, 5) is 15.0. The molecule has 0 saturated heterocycles. The molecule has 0 atom stereocenters. The van der Waals surface area contributed by atoms with E-state index < -0.39 is 0 Å². The van der Waals surface area contributed by atoms with E-state index in [1.54, 1.807) is 28.8 Å². The Bertz CT molecular complexity index is 3370. The first kappa shape index (κ1) is 19.5. The Kier molecular flexibility index (Phi) is 4.54. The highest BCUT2D eigenvalue weighted by Gasteiger charge is 2.21. The van der Waals surface area contributed by atoms with Crippen molar-refractivity contribution in [1.82, 2.24) is 19.5 Å². The quantitative estimate of drug-likeness (QED) is 0.183. The molecule has 7 aromatic carbocycles. The molecule has 0 aliphatic rings. The van der Waals surface area contributed by atoms with Crippen molar-refractivity contribution in [2.45, 2.75) is 0 Å². The molecule has 0 spiro atoms. The van der Waals surface area contributed by atoms with Gasteiger partial charge in [-0.25, -0.2) is 15.0 Å². The summed E-state index contributed by atoms with van der Waals surface area (Å²) in [5.74, 6) is 0.877. The Hall–Kier alpha value is -6.43. The lowest BCUT2D eigenvalue weighted by molar-refractivity contribution is 1.06. The van der Waals surface area contributed by atoms with Gasteiger partial charge < -0.3 is 4.57 Å². The number of thiophene rings is 1. The molecule has 10 rings (SSSR count). The maximum atomic E-state index is 9.18. The van der Waals surface area contributed by atoms with Gasteiger partial charge in [0.25, 0.3) is 0 Å². The van der Waals surface area contributed by atoms with Crippen molar-refractivity contribution < 1.29 is 15.1 Å². The van der Waals surface area contributed by atoms with Crippen LogP contribution in [0.5, 0.6) is 0 Å². The molecule has 5 heteroatoms. The first-order chi connectivity index (χ1) is 29.3. The van der Waals surface area contributed by atoms with Crippen molar-refractivity contribution in [3.8, 4) is 51.0 Å². The molecule has 0 aliphatic carbocycles. The van der Waals surface area contributed by atoms with Gasteiger partial charge >= 0.3 is 0 Å². The molecule has 4 nitrogen and oxygen atoms in total. The van der Waals surface area contributed by atoms with Gasteiger partial charge in [0.15, 0.2) is 17.5 Å². The van der Waals surface area contributed by atoms with Crippen LogP contribution in [-0.2, 0) is 0 Å². The summed E-state index contributed by atoms with van der Waals surface area (Å²) in [5.41, 5.74) is 3.46. The van der Waals surface area contributed by atoms with Crippen molar-refractivity contribution in [3.05, 3.63) is 170 Å². The van der Waals surface area contributed by atoms with Crippen molar-refractivity contribution >= 4 is 53.3 Å². The number of nitrogens with zero attached hydrogens (tertiary/aromatic N) is 4. The minimum absolute atomic E-state index is 0.0372. The monoisotopic (exact) mass is 667 g/mol. The van der Waals surface area contributed by atoms with E-state index in [1.165, 1.54) is 29.5 Å². The van der Waals surface area contributed by atoms with Crippen molar-refractivity contribution in [3.63, 3.8) is 0 Å². The Morgan fingerprint density at radius 2 is 1.04 bits per heavy atom. The van der Waals surface area contributed by atoms with E-state index in [4.69, 9.17) is 27.3 Å². The van der Waals surface area contributed by atoms with E-state index in [2.05, 4.69) is 0 Å². The van der Waals surface area contributed by atoms with Gasteiger partial charge in [-0.3, -0.25) is 0 Å². The highest BCUT2D eigenvalue weighted by Crippen LogP contribution is 2.42. The molecule has 10 aromatic rings. The molecule has 0 saturated carbocycles. The zero-order chi connectivity index (χ0) is 42.6. The predicted molar refractivity (Wildman–Crippen MR) is 209 cm³/mol. The minimum Gasteiger partial charge on any atom is -0.309 e. The van der Waals surface area contributed by atoms with Crippen LogP contribution in [0.1, 0.15) is 15.1 Å². The van der Waals surface area contributed by atoms with Gasteiger partial charge in [0.05, 0.1) is 31.8 Å². The number of hydrogen-bond donors (Lipinski definition) is 0. The average molecular weight is 668 g/mol. The van der Waals surface area contributed by atoms with Gasteiger partial charge in [-0.1, -0.05) is 139 Å². The predicted octanol–water partition coefficient (Wildman–Crippen LogP) is 12.0. The molecule has 50 heavy (non-hydrogen) atoms. The summed E-state index contributed by atoms with van der Waals surface area (Å²) in [6.45, 7) is 0. The number of benzene rings is 7.